The average Bonchev–Trinajstić information content (AvgIpc) is 3.04. The molecule has 0 bridgehead atoms. The Hall–Kier alpha value is -0.620. The Labute approximate surface area is 102 Å². The van der Waals surface area contributed by atoms with Gasteiger partial charge in [0, 0.05) is 19.7 Å². The van der Waals surface area contributed by atoms with Crippen molar-refractivity contribution < 1.29 is 17.9 Å². The molecule has 2 rings (SSSR count). The molecule has 2 fully saturated rings. The number of sulfone groups is 1. The molecule has 98 valence electrons. The van der Waals surface area contributed by atoms with Gasteiger partial charge in [0.2, 0.25) is 5.91 Å². The molecule has 0 radical (unpaired) electrons. The third-order valence-electron chi connectivity index (χ3n) is 3.43. The van der Waals surface area contributed by atoms with Gasteiger partial charge in [-0.1, -0.05) is 0 Å². The number of methoxy groups -OCH3 is 1. The van der Waals surface area contributed by atoms with Gasteiger partial charge in [0.05, 0.1) is 11.5 Å². The molecule has 1 aliphatic carbocycles. The normalized spacial score (nSPS) is 28.8. The van der Waals surface area contributed by atoms with Crippen LogP contribution in [0.25, 0.3) is 0 Å². The second kappa shape index (κ2) is 4.94. The molecular weight excluding hydrogens is 242 g/mol. The number of rotatable bonds is 3. The van der Waals surface area contributed by atoms with Crippen LogP contribution in [0.4, 0.5) is 0 Å². The van der Waals surface area contributed by atoms with Crippen LogP contribution >= 0.6 is 0 Å². The highest BCUT2D eigenvalue weighted by atomic mass is 32.2. The van der Waals surface area contributed by atoms with Crippen LogP contribution in [-0.4, -0.2) is 57.0 Å². The SMILES string of the molecule is COCC(=O)N1CCCS(=O)(=O)CC1C1CC1. The summed E-state index contributed by atoms with van der Waals surface area (Å²) in [5, 5.41) is 0. The van der Waals surface area contributed by atoms with E-state index in [9.17, 15) is 13.2 Å². The van der Waals surface area contributed by atoms with Crippen molar-refractivity contribution in [2.45, 2.75) is 25.3 Å². The van der Waals surface area contributed by atoms with Crippen LogP contribution in [0.3, 0.4) is 0 Å². The summed E-state index contributed by atoms with van der Waals surface area (Å²) < 4.78 is 28.4. The summed E-state index contributed by atoms with van der Waals surface area (Å²) in [6, 6.07) is -0.120. The topological polar surface area (TPSA) is 63.7 Å². The number of carbonyl (C=O) groups is 1. The molecule has 1 saturated carbocycles. The minimum atomic E-state index is -2.99. The van der Waals surface area contributed by atoms with Gasteiger partial charge in [0.25, 0.3) is 0 Å². The molecule has 6 heteroatoms. The van der Waals surface area contributed by atoms with Crippen molar-refractivity contribution in [2.75, 3.05) is 31.8 Å². The fraction of sp³-hybridized carbons (Fsp3) is 0.909. The average molecular weight is 261 g/mol. The van der Waals surface area contributed by atoms with E-state index in [-0.39, 0.29) is 30.1 Å². The Morgan fingerprint density at radius 2 is 2.12 bits per heavy atom. The Balaban J connectivity index is 2.14. The number of nitrogens with zero attached hydrogens (tertiary/aromatic N) is 1. The zero-order valence-electron chi connectivity index (χ0n) is 10.1. The Kier molecular flexibility index (Phi) is 3.73. The molecule has 17 heavy (non-hydrogen) atoms. The fourth-order valence-corrected chi connectivity index (χ4v) is 4.15. The van der Waals surface area contributed by atoms with Crippen LogP contribution in [0.1, 0.15) is 19.3 Å². The van der Waals surface area contributed by atoms with Crippen molar-refractivity contribution in [1.82, 2.24) is 4.90 Å². The Bertz CT molecular complexity index is 388. The molecule has 1 saturated heterocycles. The van der Waals surface area contributed by atoms with Crippen LogP contribution < -0.4 is 0 Å². The maximum atomic E-state index is 11.9. The summed E-state index contributed by atoms with van der Waals surface area (Å²) in [5.74, 6) is 0.630. The first-order chi connectivity index (χ1) is 8.03. The second-order valence-electron chi connectivity index (χ2n) is 4.89. The Morgan fingerprint density at radius 3 is 2.71 bits per heavy atom. The summed E-state index contributed by atoms with van der Waals surface area (Å²) in [6.45, 7) is 0.589. The van der Waals surface area contributed by atoms with Crippen molar-refractivity contribution >= 4 is 15.7 Å². The van der Waals surface area contributed by atoms with Crippen LogP contribution in [-0.2, 0) is 19.4 Å². The lowest BCUT2D eigenvalue weighted by molar-refractivity contribution is -0.137. The first kappa shape index (κ1) is 12.8. The number of amides is 1. The van der Waals surface area contributed by atoms with E-state index in [0.29, 0.717) is 18.9 Å². The molecule has 1 aliphatic heterocycles. The lowest BCUT2D eigenvalue weighted by Crippen LogP contribution is -2.45. The van der Waals surface area contributed by atoms with Crippen LogP contribution in [0.15, 0.2) is 0 Å². The molecule has 1 amide bonds. The standard InChI is InChI=1S/C11H19NO4S/c1-16-7-11(13)12-5-2-6-17(14,15)8-10(12)9-3-4-9/h9-10H,2-8H2,1H3. The van der Waals surface area contributed by atoms with Crippen LogP contribution in [0.2, 0.25) is 0 Å². The maximum Gasteiger partial charge on any atom is 0.248 e. The van der Waals surface area contributed by atoms with E-state index in [2.05, 4.69) is 0 Å². The van der Waals surface area contributed by atoms with E-state index in [0.717, 1.165) is 12.8 Å². The van der Waals surface area contributed by atoms with Crippen LogP contribution in [0.5, 0.6) is 0 Å². The molecule has 0 aromatic rings. The molecule has 0 aromatic carbocycles. The highest BCUT2D eigenvalue weighted by Crippen LogP contribution is 2.37. The van der Waals surface area contributed by atoms with Gasteiger partial charge < -0.3 is 9.64 Å². The molecule has 1 atom stereocenters. The third-order valence-corrected chi connectivity index (χ3v) is 5.19. The van der Waals surface area contributed by atoms with Gasteiger partial charge >= 0.3 is 0 Å². The smallest absolute Gasteiger partial charge is 0.248 e. The monoisotopic (exact) mass is 261 g/mol. The fourth-order valence-electron chi connectivity index (χ4n) is 2.44. The first-order valence-corrected chi connectivity index (χ1v) is 7.84. The lowest BCUT2D eigenvalue weighted by atomic mass is 10.1. The van der Waals surface area contributed by atoms with E-state index in [1.807, 2.05) is 0 Å². The summed E-state index contributed by atoms with van der Waals surface area (Å²) in [6.07, 6.45) is 2.62. The van der Waals surface area contributed by atoms with Gasteiger partial charge in [-0.25, -0.2) is 8.42 Å². The minimum Gasteiger partial charge on any atom is -0.375 e. The molecule has 0 N–H and O–H groups in total. The number of hydrogen-bond donors (Lipinski definition) is 0. The summed E-state index contributed by atoms with van der Waals surface area (Å²) in [5.41, 5.74) is 0. The highest BCUT2D eigenvalue weighted by molar-refractivity contribution is 7.91. The van der Waals surface area contributed by atoms with Crippen molar-refractivity contribution in [3.05, 3.63) is 0 Å². The van der Waals surface area contributed by atoms with Gasteiger partial charge in [0.15, 0.2) is 9.84 Å². The molecule has 2 aliphatic rings. The molecule has 0 spiro atoms. The van der Waals surface area contributed by atoms with Gasteiger partial charge in [-0.2, -0.15) is 0 Å². The van der Waals surface area contributed by atoms with Gasteiger partial charge in [-0.05, 0) is 25.2 Å². The second-order valence-corrected chi connectivity index (χ2v) is 7.12. The molecule has 0 aromatic heterocycles. The van der Waals surface area contributed by atoms with Crippen LogP contribution in [0, 0.1) is 5.92 Å². The molecule has 1 heterocycles. The largest absolute Gasteiger partial charge is 0.375 e. The zero-order chi connectivity index (χ0) is 12.5. The van der Waals surface area contributed by atoms with Gasteiger partial charge in [-0.15, -0.1) is 0 Å². The quantitative estimate of drug-likeness (QED) is 0.720. The van der Waals surface area contributed by atoms with E-state index >= 15 is 0 Å². The van der Waals surface area contributed by atoms with Crippen molar-refractivity contribution in [1.29, 1.82) is 0 Å². The molecule has 1 unspecified atom stereocenters. The predicted molar refractivity (Wildman–Crippen MR) is 63.4 cm³/mol. The van der Waals surface area contributed by atoms with E-state index in [1.54, 1.807) is 4.90 Å². The summed E-state index contributed by atoms with van der Waals surface area (Å²) >= 11 is 0. The predicted octanol–water partition coefficient (Wildman–Crippen LogP) is 0.0585. The van der Waals surface area contributed by atoms with E-state index < -0.39 is 9.84 Å². The summed E-state index contributed by atoms with van der Waals surface area (Å²) in [7, 11) is -1.50. The summed E-state index contributed by atoms with van der Waals surface area (Å²) in [4.78, 5) is 13.6. The number of carbonyl (C=O) groups excluding carboxylic acids is 1. The minimum absolute atomic E-state index is 0.0449. The van der Waals surface area contributed by atoms with E-state index in [1.165, 1.54) is 7.11 Å². The Morgan fingerprint density at radius 1 is 1.41 bits per heavy atom. The maximum absolute atomic E-state index is 11.9. The highest BCUT2D eigenvalue weighted by Gasteiger charge is 2.41. The van der Waals surface area contributed by atoms with Gasteiger partial charge in [-0.3, -0.25) is 4.79 Å². The zero-order valence-corrected chi connectivity index (χ0v) is 10.9. The molecular formula is C11H19NO4S. The van der Waals surface area contributed by atoms with E-state index in [4.69, 9.17) is 4.74 Å². The number of ether oxygens (including phenoxy) is 1. The van der Waals surface area contributed by atoms with Gasteiger partial charge in [0.1, 0.15) is 6.61 Å². The van der Waals surface area contributed by atoms with Crippen molar-refractivity contribution in [3.8, 4) is 0 Å². The third kappa shape index (κ3) is 3.19. The lowest BCUT2D eigenvalue weighted by Gasteiger charge is -2.29. The van der Waals surface area contributed by atoms with Crippen molar-refractivity contribution in [2.24, 2.45) is 5.92 Å². The first-order valence-electron chi connectivity index (χ1n) is 6.02. The van der Waals surface area contributed by atoms with Crippen molar-refractivity contribution in [3.63, 3.8) is 0 Å². The number of hydrogen-bond acceptors (Lipinski definition) is 4. The molecule has 5 nitrogen and oxygen atoms in total.